The van der Waals surface area contributed by atoms with Gasteiger partial charge in [0.1, 0.15) is 11.9 Å². The molecule has 0 unspecified atom stereocenters. The second-order valence-electron chi connectivity index (χ2n) is 4.31. The van der Waals surface area contributed by atoms with Gasteiger partial charge in [-0.2, -0.15) is 0 Å². The van der Waals surface area contributed by atoms with Crippen LogP contribution in [-0.2, 0) is 0 Å². The van der Waals surface area contributed by atoms with Crippen LogP contribution in [0, 0.1) is 6.92 Å². The van der Waals surface area contributed by atoms with Gasteiger partial charge in [-0.15, -0.1) is 11.6 Å². The normalized spacial score (nSPS) is 12.1. The number of halogens is 1. The van der Waals surface area contributed by atoms with Crippen molar-refractivity contribution in [1.29, 1.82) is 0 Å². The van der Waals surface area contributed by atoms with Gasteiger partial charge in [-0.25, -0.2) is 0 Å². The molecular weight excluding hydrogens is 244 g/mol. The highest BCUT2D eigenvalue weighted by molar-refractivity contribution is 6.17. The molecule has 2 rings (SSSR count). The molecule has 1 nitrogen and oxygen atoms in total. The van der Waals surface area contributed by atoms with Gasteiger partial charge in [-0.1, -0.05) is 48.0 Å². The van der Waals surface area contributed by atoms with E-state index in [2.05, 4.69) is 31.2 Å². The van der Waals surface area contributed by atoms with Gasteiger partial charge in [0.05, 0.1) is 0 Å². The van der Waals surface area contributed by atoms with Gasteiger partial charge in [0.2, 0.25) is 0 Å². The molecule has 18 heavy (non-hydrogen) atoms. The highest BCUT2D eigenvalue weighted by Crippen LogP contribution is 2.25. The number of alkyl halides is 1. The lowest BCUT2D eigenvalue weighted by Crippen LogP contribution is -2.08. The number of hydrogen-bond acceptors (Lipinski definition) is 1. The van der Waals surface area contributed by atoms with Gasteiger partial charge in [0, 0.05) is 12.3 Å². The first-order valence-corrected chi connectivity index (χ1v) is 6.67. The summed E-state index contributed by atoms with van der Waals surface area (Å²) < 4.78 is 6.01. The number of hydrogen-bond donors (Lipinski definition) is 0. The molecule has 0 saturated heterocycles. The first kappa shape index (κ1) is 13.0. The predicted molar refractivity (Wildman–Crippen MR) is 76.3 cm³/mol. The second-order valence-corrected chi connectivity index (χ2v) is 4.69. The summed E-state index contributed by atoms with van der Waals surface area (Å²) in [6.07, 6.45) is 0.825. The van der Waals surface area contributed by atoms with E-state index in [1.54, 1.807) is 0 Å². The predicted octanol–water partition coefficient (Wildman–Crippen LogP) is 4.74. The highest BCUT2D eigenvalue weighted by atomic mass is 35.5. The molecule has 0 aliphatic heterocycles. The summed E-state index contributed by atoms with van der Waals surface area (Å²) in [7, 11) is 0. The molecule has 0 radical (unpaired) electrons. The standard InChI is InChI=1S/C16H17ClO/c1-13-7-9-15(10-8-13)18-16(11-12-17)14-5-3-2-4-6-14/h2-10,16H,11-12H2,1H3/t16-/m0/s1. The number of rotatable bonds is 5. The summed E-state index contributed by atoms with van der Waals surface area (Å²) in [4.78, 5) is 0. The van der Waals surface area contributed by atoms with Crippen LogP contribution in [0.15, 0.2) is 54.6 Å². The van der Waals surface area contributed by atoms with Gasteiger partial charge in [0.25, 0.3) is 0 Å². The van der Waals surface area contributed by atoms with E-state index in [1.165, 1.54) is 11.1 Å². The lowest BCUT2D eigenvalue weighted by Gasteiger charge is -2.18. The van der Waals surface area contributed by atoms with Crippen molar-refractivity contribution in [2.24, 2.45) is 0 Å². The zero-order chi connectivity index (χ0) is 12.8. The number of ether oxygens (including phenoxy) is 1. The Morgan fingerprint density at radius 1 is 1.00 bits per heavy atom. The van der Waals surface area contributed by atoms with E-state index in [1.807, 2.05) is 30.3 Å². The van der Waals surface area contributed by atoms with Crippen LogP contribution in [-0.4, -0.2) is 5.88 Å². The lowest BCUT2D eigenvalue weighted by atomic mass is 10.1. The number of benzene rings is 2. The zero-order valence-corrected chi connectivity index (χ0v) is 11.2. The maximum absolute atomic E-state index is 6.01. The van der Waals surface area contributed by atoms with Crippen molar-refractivity contribution in [1.82, 2.24) is 0 Å². The van der Waals surface area contributed by atoms with Gasteiger partial charge < -0.3 is 4.74 Å². The fourth-order valence-electron chi connectivity index (χ4n) is 1.84. The van der Waals surface area contributed by atoms with Crippen molar-refractivity contribution in [3.8, 4) is 5.75 Å². The van der Waals surface area contributed by atoms with E-state index in [9.17, 15) is 0 Å². The molecule has 0 aromatic heterocycles. The van der Waals surface area contributed by atoms with E-state index < -0.39 is 0 Å². The van der Waals surface area contributed by atoms with Crippen molar-refractivity contribution in [3.63, 3.8) is 0 Å². The van der Waals surface area contributed by atoms with Crippen molar-refractivity contribution in [2.45, 2.75) is 19.4 Å². The molecule has 2 heteroatoms. The summed E-state index contributed by atoms with van der Waals surface area (Å²) in [6, 6.07) is 18.3. The Morgan fingerprint density at radius 3 is 2.28 bits per heavy atom. The SMILES string of the molecule is Cc1ccc(O[C@@H](CCCl)c2ccccc2)cc1. The van der Waals surface area contributed by atoms with Crippen molar-refractivity contribution in [3.05, 3.63) is 65.7 Å². The average Bonchev–Trinajstić information content (AvgIpc) is 2.42. The molecule has 0 saturated carbocycles. The summed E-state index contributed by atoms with van der Waals surface area (Å²) in [5, 5.41) is 0. The Morgan fingerprint density at radius 2 is 1.67 bits per heavy atom. The van der Waals surface area contributed by atoms with E-state index in [0.29, 0.717) is 5.88 Å². The third-order valence-corrected chi connectivity index (χ3v) is 3.06. The first-order chi connectivity index (χ1) is 8.79. The molecule has 0 fully saturated rings. The van der Waals surface area contributed by atoms with Crippen LogP contribution in [0.5, 0.6) is 5.75 Å². The Hall–Kier alpha value is -1.47. The van der Waals surface area contributed by atoms with Crippen LogP contribution >= 0.6 is 11.6 Å². The molecule has 0 spiro atoms. The smallest absolute Gasteiger partial charge is 0.125 e. The molecular formula is C16H17ClO. The average molecular weight is 261 g/mol. The minimum absolute atomic E-state index is 0.0198. The lowest BCUT2D eigenvalue weighted by molar-refractivity contribution is 0.202. The Labute approximate surface area is 113 Å². The molecule has 0 heterocycles. The van der Waals surface area contributed by atoms with Crippen molar-refractivity contribution in [2.75, 3.05) is 5.88 Å². The maximum Gasteiger partial charge on any atom is 0.125 e. The summed E-state index contributed by atoms with van der Waals surface area (Å²) >= 11 is 5.86. The quantitative estimate of drug-likeness (QED) is 0.706. The van der Waals surface area contributed by atoms with Crippen LogP contribution in [0.1, 0.15) is 23.7 Å². The molecule has 2 aromatic carbocycles. The summed E-state index contributed by atoms with van der Waals surface area (Å²) in [6.45, 7) is 2.07. The molecule has 94 valence electrons. The minimum Gasteiger partial charge on any atom is -0.486 e. The van der Waals surface area contributed by atoms with E-state index in [4.69, 9.17) is 16.3 Å². The van der Waals surface area contributed by atoms with E-state index >= 15 is 0 Å². The monoisotopic (exact) mass is 260 g/mol. The third kappa shape index (κ3) is 3.51. The maximum atomic E-state index is 6.01. The largest absolute Gasteiger partial charge is 0.486 e. The molecule has 0 amide bonds. The summed E-state index contributed by atoms with van der Waals surface area (Å²) in [5.74, 6) is 1.48. The Balaban J connectivity index is 2.14. The van der Waals surface area contributed by atoms with Crippen LogP contribution in [0.4, 0.5) is 0 Å². The summed E-state index contributed by atoms with van der Waals surface area (Å²) in [5.41, 5.74) is 2.40. The van der Waals surface area contributed by atoms with E-state index in [-0.39, 0.29) is 6.10 Å². The van der Waals surface area contributed by atoms with Gasteiger partial charge in [-0.05, 0) is 24.6 Å². The molecule has 0 bridgehead atoms. The van der Waals surface area contributed by atoms with Gasteiger partial charge in [0.15, 0.2) is 0 Å². The zero-order valence-electron chi connectivity index (χ0n) is 10.5. The van der Waals surface area contributed by atoms with E-state index in [0.717, 1.165) is 12.2 Å². The molecule has 1 atom stereocenters. The van der Waals surface area contributed by atoms with Gasteiger partial charge >= 0.3 is 0 Å². The fourth-order valence-corrected chi connectivity index (χ4v) is 2.04. The van der Waals surface area contributed by atoms with Crippen LogP contribution in [0.25, 0.3) is 0 Å². The van der Waals surface area contributed by atoms with Crippen molar-refractivity contribution < 1.29 is 4.74 Å². The topological polar surface area (TPSA) is 9.23 Å². The minimum atomic E-state index is 0.0198. The fraction of sp³-hybridized carbons (Fsp3) is 0.250. The molecule has 0 aliphatic carbocycles. The number of aryl methyl sites for hydroxylation is 1. The molecule has 2 aromatic rings. The third-order valence-electron chi connectivity index (χ3n) is 2.84. The highest BCUT2D eigenvalue weighted by Gasteiger charge is 2.12. The Bertz CT molecular complexity index is 464. The van der Waals surface area contributed by atoms with Crippen molar-refractivity contribution >= 4 is 11.6 Å². The first-order valence-electron chi connectivity index (χ1n) is 6.14. The van der Waals surface area contributed by atoms with Crippen LogP contribution in [0.3, 0.4) is 0 Å². The van der Waals surface area contributed by atoms with Crippen LogP contribution in [0.2, 0.25) is 0 Å². The second kappa shape index (κ2) is 6.46. The van der Waals surface area contributed by atoms with Gasteiger partial charge in [-0.3, -0.25) is 0 Å². The Kier molecular flexibility index (Phi) is 4.66. The van der Waals surface area contributed by atoms with Crippen LogP contribution < -0.4 is 4.74 Å². The molecule has 0 aliphatic rings. The molecule has 0 N–H and O–H groups in total.